The molecule has 0 unspecified atom stereocenters. The number of anilines is 1. The van der Waals surface area contributed by atoms with Gasteiger partial charge >= 0.3 is 12.2 Å². The van der Waals surface area contributed by atoms with Crippen molar-refractivity contribution < 1.29 is 18.0 Å². The molecule has 122 valence electrons. The predicted octanol–water partition coefficient (Wildman–Crippen LogP) is 3.68. The minimum absolute atomic E-state index is 0.00389. The second kappa shape index (κ2) is 5.73. The number of fused-ring (bicyclic) bond motifs is 1. The van der Waals surface area contributed by atoms with Gasteiger partial charge in [0.15, 0.2) is 0 Å². The zero-order valence-electron chi connectivity index (χ0n) is 11.9. The molecule has 2 amide bonds. The Balaban J connectivity index is 2.23. The number of rotatable bonds is 0. The maximum atomic E-state index is 13.9. The van der Waals surface area contributed by atoms with Gasteiger partial charge < -0.3 is 10.6 Å². The molecule has 0 saturated carbocycles. The molecule has 2 heterocycles. The van der Waals surface area contributed by atoms with Gasteiger partial charge in [0.25, 0.3) is 0 Å². The number of benzene rings is 1. The number of carbonyl (C=O) groups excluding carboxylic acids is 1. The van der Waals surface area contributed by atoms with Gasteiger partial charge in [-0.3, -0.25) is 0 Å². The van der Waals surface area contributed by atoms with Crippen molar-refractivity contribution in [2.24, 2.45) is 0 Å². The van der Waals surface area contributed by atoms with Crippen molar-refractivity contribution in [2.75, 3.05) is 5.32 Å². The van der Waals surface area contributed by atoms with Crippen LogP contribution in [0.15, 0.2) is 42.6 Å². The van der Waals surface area contributed by atoms with E-state index in [1.807, 2.05) is 5.32 Å². The summed E-state index contributed by atoms with van der Waals surface area (Å²) in [7, 11) is 0. The number of pyridine rings is 1. The van der Waals surface area contributed by atoms with Crippen LogP contribution in [0.2, 0.25) is 5.02 Å². The molecule has 2 N–H and O–H groups in total. The lowest BCUT2D eigenvalue weighted by Gasteiger charge is -2.37. The number of amides is 2. The van der Waals surface area contributed by atoms with Crippen LogP contribution in [0.4, 0.5) is 23.7 Å². The Kier molecular flexibility index (Phi) is 3.85. The van der Waals surface area contributed by atoms with E-state index in [1.165, 1.54) is 24.4 Å². The lowest BCUT2D eigenvalue weighted by molar-refractivity contribution is -0.178. The first-order valence-electron chi connectivity index (χ1n) is 6.72. The Morgan fingerprint density at radius 3 is 2.67 bits per heavy atom. The number of nitrogens with one attached hydrogen (secondary N) is 2. The van der Waals surface area contributed by atoms with E-state index in [9.17, 15) is 18.0 Å². The molecule has 1 aliphatic heterocycles. The van der Waals surface area contributed by atoms with E-state index in [4.69, 9.17) is 11.6 Å². The van der Waals surface area contributed by atoms with Crippen molar-refractivity contribution in [3.63, 3.8) is 0 Å². The van der Waals surface area contributed by atoms with Gasteiger partial charge in [0, 0.05) is 22.5 Å². The molecule has 4 nitrogen and oxygen atoms in total. The van der Waals surface area contributed by atoms with E-state index in [-0.39, 0.29) is 22.0 Å². The van der Waals surface area contributed by atoms with Crippen molar-refractivity contribution in [3.8, 4) is 11.8 Å². The number of hydrogen-bond donors (Lipinski definition) is 2. The maximum Gasteiger partial charge on any atom is 0.427 e. The standard InChI is InChI=1S/C16H9ClF3N3O/c17-10-4-5-13-12(9-10)15(16(18,19)20,23-14(24)22-13)7-6-11-3-1-2-8-21-11/h1-5,8-9H,(H2,22,23,24)/t15-/m0/s1. The third-order valence-electron chi connectivity index (χ3n) is 3.40. The Labute approximate surface area is 140 Å². The Morgan fingerprint density at radius 1 is 1.21 bits per heavy atom. The highest BCUT2D eigenvalue weighted by Gasteiger charge is 2.59. The van der Waals surface area contributed by atoms with Crippen LogP contribution >= 0.6 is 11.6 Å². The molecule has 0 aliphatic carbocycles. The summed E-state index contributed by atoms with van der Waals surface area (Å²) in [6, 6.07) is 7.51. The summed E-state index contributed by atoms with van der Waals surface area (Å²) in [4.78, 5) is 15.6. The van der Waals surface area contributed by atoms with Gasteiger partial charge in [-0.2, -0.15) is 13.2 Å². The van der Waals surface area contributed by atoms with Gasteiger partial charge in [-0.1, -0.05) is 23.6 Å². The van der Waals surface area contributed by atoms with Crippen molar-refractivity contribution in [1.82, 2.24) is 10.3 Å². The largest absolute Gasteiger partial charge is 0.427 e. The number of aromatic nitrogens is 1. The quantitative estimate of drug-likeness (QED) is 0.711. The third kappa shape index (κ3) is 2.76. The number of urea groups is 1. The van der Waals surface area contributed by atoms with Gasteiger partial charge in [-0.25, -0.2) is 9.78 Å². The summed E-state index contributed by atoms with van der Waals surface area (Å²) in [6.45, 7) is 0. The molecular weight excluding hydrogens is 343 g/mol. The summed E-state index contributed by atoms with van der Waals surface area (Å²) in [5.74, 6) is 4.51. The lowest BCUT2D eigenvalue weighted by atomic mass is 9.86. The number of nitrogens with zero attached hydrogens (tertiary/aromatic N) is 1. The predicted molar refractivity (Wildman–Crippen MR) is 82.5 cm³/mol. The smallest absolute Gasteiger partial charge is 0.310 e. The van der Waals surface area contributed by atoms with Gasteiger partial charge in [0.1, 0.15) is 5.69 Å². The molecule has 1 aliphatic rings. The van der Waals surface area contributed by atoms with E-state index in [2.05, 4.69) is 22.1 Å². The van der Waals surface area contributed by atoms with Crippen LogP contribution in [0, 0.1) is 11.8 Å². The molecular formula is C16H9ClF3N3O. The minimum Gasteiger partial charge on any atom is -0.310 e. The first kappa shape index (κ1) is 16.1. The number of carbonyl (C=O) groups is 1. The minimum atomic E-state index is -4.87. The Morgan fingerprint density at radius 2 is 2.00 bits per heavy atom. The second-order valence-electron chi connectivity index (χ2n) is 4.98. The summed E-state index contributed by atoms with van der Waals surface area (Å²) >= 11 is 5.84. The Bertz CT molecular complexity index is 858. The average Bonchev–Trinajstić information content (AvgIpc) is 2.53. The molecule has 8 heteroatoms. The van der Waals surface area contributed by atoms with E-state index in [0.717, 1.165) is 6.07 Å². The van der Waals surface area contributed by atoms with Crippen LogP contribution in [-0.2, 0) is 5.54 Å². The molecule has 0 saturated heterocycles. The molecule has 3 rings (SSSR count). The molecule has 0 spiro atoms. The summed E-state index contributed by atoms with van der Waals surface area (Å²) in [5, 5.41) is 4.31. The van der Waals surface area contributed by atoms with E-state index < -0.39 is 17.7 Å². The fourth-order valence-electron chi connectivity index (χ4n) is 2.31. The lowest BCUT2D eigenvalue weighted by Crippen LogP contribution is -2.59. The van der Waals surface area contributed by atoms with Crippen LogP contribution in [-0.4, -0.2) is 17.2 Å². The number of halogens is 4. The zero-order chi connectivity index (χ0) is 17.4. The van der Waals surface area contributed by atoms with E-state index >= 15 is 0 Å². The number of hydrogen-bond acceptors (Lipinski definition) is 2. The Hall–Kier alpha value is -2.72. The topological polar surface area (TPSA) is 54.0 Å². The summed E-state index contributed by atoms with van der Waals surface area (Å²) in [5.41, 5.74) is -3.01. The molecule has 2 aromatic rings. The average molecular weight is 352 g/mol. The second-order valence-corrected chi connectivity index (χ2v) is 5.42. The van der Waals surface area contributed by atoms with Crippen molar-refractivity contribution in [1.29, 1.82) is 0 Å². The molecule has 0 bridgehead atoms. The van der Waals surface area contributed by atoms with Crippen LogP contribution in [0.1, 0.15) is 11.3 Å². The van der Waals surface area contributed by atoms with Crippen molar-refractivity contribution >= 4 is 23.3 Å². The van der Waals surface area contributed by atoms with Gasteiger partial charge in [-0.15, -0.1) is 0 Å². The molecule has 1 aromatic heterocycles. The molecule has 1 aromatic carbocycles. The highest BCUT2D eigenvalue weighted by molar-refractivity contribution is 6.30. The van der Waals surface area contributed by atoms with Gasteiger partial charge in [0.05, 0.1) is 0 Å². The third-order valence-corrected chi connectivity index (χ3v) is 3.64. The zero-order valence-corrected chi connectivity index (χ0v) is 12.7. The number of alkyl halides is 3. The van der Waals surface area contributed by atoms with Crippen LogP contribution in [0.25, 0.3) is 0 Å². The SMILES string of the molecule is O=C1Nc2ccc(Cl)cc2[C@@](C#Cc2ccccn2)(C(F)(F)F)N1. The normalized spacial score (nSPS) is 19.4. The molecule has 1 atom stereocenters. The fourth-order valence-corrected chi connectivity index (χ4v) is 2.49. The summed E-state index contributed by atoms with van der Waals surface area (Å²) in [6.07, 6.45) is -3.46. The first-order chi connectivity index (χ1) is 11.3. The fraction of sp³-hybridized carbons (Fsp3) is 0.125. The molecule has 0 radical (unpaired) electrons. The van der Waals surface area contributed by atoms with E-state index in [1.54, 1.807) is 12.1 Å². The monoisotopic (exact) mass is 351 g/mol. The highest BCUT2D eigenvalue weighted by atomic mass is 35.5. The summed E-state index contributed by atoms with van der Waals surface area (Å²) < 4.78 is 41.6. The van der Waals surface area contributed by atoms with Gasteiger partial charge in [0.2, 0.25) is 5.54 Å². The highest BCUT2D eigenvalue weighted by Crippen LogP contribution is 2.44. The van der Waals surface area contributed by atoms with Crippen LogP contribution in [0.5, 0.6) is 0 Å². The van der Waals surface area contributed by atoms with Crippen LogP contribution < -0.4 is 10.6 Å². The maximum absolute atomic E-state index is 13.9. The van der Waals surface area contributed by atoms with Crippen molar-refractivity contribution in [3.05, 3.63) is 58.9 Å². The van der Waals surface area contributed by atoms with Gasteiger partial charge in [-0.05, 0) is 36.3 Å². The van der Waals surface area contributed by atoms with E-state index in [0.29, 0.717) is 0 Å². The van der Waals surface area contributed by atoms with Crippen LogP contribution in [0.3, 0.4) is 0 Å². The molecule has 0 fully saturated rings. The van der Waals surface area contributed by atoms with Crippen molar-refractivity contribution in [2.45, 2.75) is 11.7 Å². The molecule has 24 heavy (non-hydrogen) atoms. The first-order valence-corrected chi connectivity index (χ1v) is 7.10.